The van der Waals surface area contributed by atoms with E-state index in [2.05, 4.69) is 37.1 Å². The van der Waals surface area contributed by atoms with Crippen LogP contribution in [0.4, 0.5) is 15.9 Å². The summed E-state index contributed by atoms with van der Waals surface area (Å²) >= 11 is 12.3. The summed E-state index contributed by atoms with van der Waals surface area (Å²) in [6.45, 7) is 3.09. The number of anilines is 2. The predicted molar refractivity (Wildman–Crippen MR) is 153 cm³/mol. The average Bonchev–Trinajstić information content (AvgIpc) is 3.19. The largest absolute Gasteiger partial charge is 0.527 e. The first-order valence-corrected chi connectivity index (χ1v) is 13.1. The highest BCUT2D eigenvalue weighted by molar-refractivity contribution is 6.36. The van der Waals surface area contributed by atoms with Crippen molar-refractivity contribution in [3.63, 3.8) is 0 Å². The Kier molecular flexibility index (Phi) is 9.89. The molecule has 1 saturated heterocycles. The molecule has 0 bridgehead atoms. The van der Waals surface area contributed by atoms with Crippen LogP contribution in [0.3, 0.4) is 0 Å². The number of carbonyl (C=O) groups is 2. The summed E-state index contributed by atoms with van der Waals surface area (Å²) in [6.07, 6.45) is 1.75. The number of halogens is 3. The van der Waals surface area contributed by atoms with Crippen LogP contribution in [-0.4, -0.2) is 73.1 Å². The number of carbonyl (C=O) groups excluding carboxylic acids is 2. The second-order valence-corrected chi connectivity index (χ2v) is 9.86. The Morgan fingerprint density at radius 2 is 1.88 bits per heavy atom. The van der Waals surface area contributed by atoms with E-state index in [0.717, 1.165) is 25.6 Å². The van der Waals surface area contributed by atoms with Crippen LogP contribution in [0.15, 0.2) is 42.5 Å². The van der Waals surface area contributed by atoms with Crippen molar-refractivity contribution in [2.75, 3.05) is 44.3 Å². The zero-order valence-corrected chi connectivity index (χ0v) is 23.4. The number of hydrogen-bond donors (Lipinski definition) is 2. The maximum absolute atomic E-state index is 14.2. The number of aromatic nitrogens is 2. The van der Waals surface area contributed by atoms with Gasteiger partial charge in [0.05, 0.1) is 16.2 Å². The van der Waals surface area contributed by atoms with Gasteiger partial charge in [-0.3, -0.25) is 9.59 Å². The third kappa shape index (κ3) is 7.38. The quantitative estimate of drug-likeness (QED) is 0.251. The summed E-state index contributed by atoms with van der Waals surface area (Å²) < 4.78 is 24.3. The molecule has 0 unspecified atom stereocenters. The summed E-state index contributed by atoms with van der Waals surface area (Å²) in [5, 5.41) is 10.0. The van der Waals surface area contributed by atoms with Crippen LogP contribution in [0.1, 0.15) is 38.9 Å². The number of nitrogens with one attached hydrogen (secondary N) is 1. The maximum Gasteiger partial charge on any atom is 0.392 e. The lowest BCUT2D eigenvalue weighted by Crippen LogP contribution is -2.34. The normalized spacial score (nSPS) is 14.3. The molecule has 1 aliphatic rings. The van der Waals surface area contributed by atoms with Crippen LogP contribution >= 0.6 is 23.2 Å². The molecule has 2 radical (unpaired) electrons. The lowest BCUT2D eigenvalue weighted by Gasteiger charge is -2.20. The van der Waals surface area contributed by atoms with E-state index in [1.165, 1.54) is 12.1 Å². The van der Waals surface area contributed by atoms with Crippen molar-refractivity contribution in [2.45, 2.75) is 12.5 Å². The molecule has 2 aromatic carbocycles. The van der Waals surface area contributed by atoms with E-state index >= 15 is 0 Å². The molecule has 41 heavy (non-hydrogen) atoms. The smallest absolute Gasteiger partial charge is 0.392 e. The minimum absolute atomic E-state index is 0.0121. The third-order valence-corrected chi connectivity index (χ3v) is 6.96. The van der Waals surface area contributed by atoms with Crippen molar-refractivity contribution in [3.05, 3.63) is 75.1 Å². The van der Waals surface area contributed by atoms with Gasteiger partial charge < -0.3 is 30.2 Å². The lowest BCUT2D eigenvalue weighted by atomic mass is 10.1. The molecule has 1 atom stereocenters. The number of nitrogens with zero attached hydrogens (tertiary/aromatic N) is 4. The van der Waals surface area contributed by atoms with Crippen LogP contribution in [0.5, 0.6) is 5.75 Å². The predicted octanol–water partition coefficient (Wildman–Crippen LogP) is 3.72. The molecule has 1 aliphatic heterocycles. The first-order chi connectivity index (χ1) is 19.7. The van der Waals surface area contributed by atoms with E-state index in [1.807, 2.05) is 11.9 Å². The van der Waals surface area contributed by atoms with Gasteiger partial charge in [-0.1, -0.05) is 23.2 Å². The molecule has 3 aromatic rings. The highest BCUT2D eigenvalue weighted by Gasteiger charge is 2.24. The molecule has 1 aromatic heterocycles. The lowest BCUT2D eigenvalue weighted by molar-refractivity contribution is 0.0762. The maximum atomic E-state index is 14.2. The van der Waals surface area contributed by atoms with Crippen LogP contribution in [0.2, 0.25) is 10.0 Å². The summed E-state index contributed by atoms with van der Waals surface area (Å²) in [5.74, 6) is 0.751. The first kappa shape index (κ1) is 29.9. The molecule has 0 saturated carbocycles. The summed E-state index contributed by atoms with van der Waals surface area (Å²) in [6, 6.07) is 10.1. The van der Waals surface area contributed by atoms with Crippen LogP contribution in [0.25, 0.3) is 0 Å². The fraction of sp³-hybridized carbons (Fsp3) is 0.259. The van der Waals surface area contributed by atoms with Gasteiger partial charge in [-0.2, -0.15) is 0 Å². The van der Waals surface area contributed by atoms with Crippen molar-refractivity contribution in [1.82, 2.24) is 20.0 Å². The second kappa shape index (κ2) is 13.5. The zero-order valence-electron chi connectivity index (χ0n) is 21.9. The molecule has 4 rings (SSSR count). The van der Waals surface area contributed by atoms with Crippen molar-refractivity contribution >= 4 is 54.6 Å². The van der Waals surface area contributed by atoms with Crippen LogP contribution < -0.4 is 15.8 Å². The summed E-state index contributed by atoms with van der Waals surface area (Å²) in [5.41, 5.74) is 6.68. The Labute approximate surface area is 247 Å². The molecule has 1 fully saturated rings. The molecule has 2 amide bonds. The van der Waals surface area contributed by atoms with Gasteiger partial charge in [0, 0.05) is 42.5 Å². The molecule has 3 N–H and O–H groups in total. The monoisotopic (exact) mass is 596 g/mol. The molecular formula is C27H24BCl2FN6O4. The van der Waals surface area contributed by atoms with E-state index in [9.17, 15) is 14.0 Å². The number of rotatable bonds is 6. The number of benzene rings is 2. The Bertz CT molecular complexity index is 1500. The minimum Gasteiger partial charge on any atom is -0.527 e. The molecule has 0 aliphatic carbocycles. The molecule has 14 heteroatoms. The van der Waals surface area contributed by atoms with E-state index in [-0.39, 0.29) is 38.8 Å². The molecule has 2 heterocycles. The van der Waals surface area contributed by atoms with Gasteiger partial charge in [-0.15, -0.1) is 10.2 Å². The fourth-order valence-corrected chi connectivity index (χ4v) is 4.64. The molecule has 210 valence electrons. The molecule has 10 nitrogen and oxygen atoms in total. The summed E-state index contributed by atoms with van der Waals surface area (Å²) in [7, 11) is 7.04. The summed E-state index contributed by atoms with van der Waals surface area (Å²) in [4.78, 5) is 29.9. The molecular weight excluding hydrogens is 573 g/mol. The Morgan fingerprint density at radius 3 is 2.61 bits per heavy atom. The standard InChI is InChI=1S/C27H24BCl2FN6O4/c1-36-10-2-11-37(13-12-36)27(39)16-3-5-17(6-4-16)33-26(38)20-15-22(25(32)35-34-20)41-21(9-14-40-28)23-18(29)7-8-19(31)24(23)30/h3-8,15,21H,2,10-13H2,1H3,(H2,32,35)(H,33,38)/t21-/m1/s1. The molecule has 0 spiro atoms. The number of nitrogens with two attached hydrogens (primary N) is 1. The van der Waals surface area contributed by atoms with Crippen LogP contribution in [-0.2, 0) is 4.65 Å². The number of likely N-dealkylation sites (N-methyl/N-ethyl adjacent to an activating group) is 1. The van der Waals surface area contributed by atoms with Gasteiger partial charge in [0.1, 0.15) is 5.82 Å². The number of ether oxygens (including phenoxy) is 1. The van der Waals surface area contributed by atoms with Gasteiger partial charge in [0.15, 0.2) is 23.4 Å². The van der Waals surface area contributed by atoms with Crippen molar-refractivity contribution < 1.29 is 23.4 Å². The number of amides is 2. The Hall–Kier alpha value is -4.05. The zero-order chi connectivity index (χ0) is 29.5. The topological polar surface area (TPSA) is 123 Å². The van der Waals surface area contributed by atoms with E-state index in [1.54, 1.807) is 24.3 Å². The van der Waals surface area contributed by atoms with Gasteiger partial charge in [-0.25, -0.2) is 4.39 Å². The first-order valence-electron chi connectivity index (χ1n) is 12.4. The van der Waals surface area contributed by atoms with E-state index in [4.69, 9.17) is 41.7 Å². The highest BCUT2D eigenvalue weighted by atomic mass is 35.5. The Balaban J connectivity index is 1.50. The van der Waals surface area contributed by atoms with Crippen molar-refractivity contribution in [2.24, 2.45) is 0 Å². The number of nitrogen functional groups attached to an aromatic ring is 1. The third-order valence-electron chi connectivity index (χ3n) is 6.25. The average molecular weight is 597 g/mol. The number of hydrogen-bond acceptors (Lipinski definition) is 8. The van der Waals surface area contributed by atoms with E-state index in [0.29, 0.717) is 24.3 Å². The van der Waals surface area contributed by atoms with E-state index < -0.39 is 17.8 Å². The van der Waals surface area contributed by atoms with Crippen LogP contribution in [0, 0.1) is 17.8 Å². The Morgan fingerprint density at radius 1 is 1.12 bits per heavy atom. The van der Waals surface area contributed by atoms with Gasteiger partial charge in [-0.05, 0) is 62.3 Å². The van der Waals surface area contributed by atoms with Gasteiger partial charge >= 0.3 is 8.05 Å². The highest BCUT2D eigenvalue weighted by Crippen LogP contribution is 2.36. The second-order valence-electron chi connectivity index (χ2n) is 9.08. The van der Waals surface area contributed by atoms with Crippen molar-refractivity contribution in [1.29, 1.82) is 0 Å². The van der Waals surface area contributed by atoms with Gasteiger partial charge in [0.2, 0.25) is 0 Å². The SMILES string of the molecule is [B]OC#C[C@@H](Oc1cc(C(=O)Nc2ccc(C(=O)N3CCCN(C)CC3)cc2)nnc1N)c1c(Cl)ccc(F)c1Cl. The minimum atomic E-state index is -1.30. The van der Waals surface area contributed by atoms with Gasteiger partial charge in [0.25, 0.3) is 11.8 Å². The fourth-order valence-electron chi connectivity index (χ4n) is 4.07. The van der Waals surface area contributed by atoms with Crippen molar-refractivity contribution in [3.8, 4) is 17.8 Å².